The molecule has 0 saturated carbocycles. The normalized spacial score (nSPS) is 22.3. The van der Waals surface area contributed by atoms with Gasteiger partial charge in [-0.2, -0.15) is 0 Å². The predicted octanol–water partition coefficient (Wildman–Crippen LogP) is 2.69. The minimum atomic E-state index is -3.50. The third-order valence-corrected chi connectivity index (χ3v) is 2.70. The van der Waals surface area contributed by atoms with Gasteiger partial charge in [-0.3, -0.25) is 0 Å². The van der Waals surface area contributed by atoms with Crippen LogP contribution in [0.25, 0.3) is 0 Å². The van der Waals surface area contributed by atoms with Crippen LogP contribution in [0.15, 0.2) is 12.1 Å². The molecule has 1 heterocycles. The van der Waals surface area contributed by atoms with Gasteiger partial charge in [0.15, 0.2) is 18.2 Å². The molecule has 1 fully saturated rings. The van der Waals surface area contributed by atoms with Gasteiger partial charge >= 0.3 is 12.0 Å². The van der Waals surface area contributed by atoms with Crippen molar-refractivity contribution in [2.45, 2.75) is 18.9 Å². The molecule has 1 aromatic rings. The molecule has 1 N–H and O–H groups in total. The van der Waals surface area contributed by atoms with Gasteiger partial charge in [0.1, 0.15) is 6.04 Å². The van der Waals surface area contributed by atoms with Gasteiger partial charge in [0, 0.05) is 5.56 Å². The van der Waals surface area contributed by atoms with Crippen LogP contribution < -0.4 is 5.32 Å². The maximum absolute atomic E-state index is 13.6. The number of amides is 1. The predicted molar refractivity (Wildman–Crippen MR) is 53.3 cm³/mol. The molecule has 0 spiro atoms. The monoisotopic (exact) mass is 263 g/mol. The first kappa shape index (κ1) is 12.7. The van der Waals surface area contributed by atoms with E-state index in [4.69, 9.17) is 0 Å². The molecular weight excluding hydrogens is 254 g/mol. The molecule has 1 amide bonds. The maximum atomic E-state index is 13.6. The molecule has 0 unspecified atom stereocenters. The average Bonchev–Trinajstić information content (AvgIpc) is 2.30. The molecule has 1 aliphatic heterocycles. The van der Waals surface area contributed by atoms with E-state index >= 15 is 0 Å². The number of rotatable bonds is 1. The number of nitrogens with one attached hydrogen (secondary N) is 1. The Bertz CT molecular complexity index is 504. The molecule has 98 valence electrons. The van der Waals surface area contributed by atoms with Gasteiger partial charge in [-0.25, -0.2) is 22.4 Å². The second-order valence-electron chi connectivity index (χ2n) is 4.01. The SMILES string of the molecule is Cc1ccc([C@H]2NC(=O)OCC2(F)F)c(F)c1F. The molecule has 3 nitrogen and oxygen atoms in total. The summed E-state index contributed by atoms with van der Waals surface area (Å²) in [7, 11) is 0. The molecule has 0 aliphatic carbocycles. The first-order chi connectivity index (χ1) is 8.33. The summed E-state index contributed by atoms with van der Waals surface area (Å²) in [5.41, 5.74) is -0.599. The number of aryl methyl sites for hydroxylation is 1. The summed E-state index contributed by atoms with van der Waals surface area (Å²) in [4.78, 5) is 10.9. The molecule has 2 rings (SSSR count). The second-order valence-corrected chi connectivity index (χ2v) is 4.01. The van der Waals surface area contributed by atoms with Crippen molar-refractivity contribution in [3.63, 3.8) is 0 Å². The van der Waals surface area contributed by atoms with Crippen LogP contribution in [0.5, 0.6) is 0 Å². The van der Waals surface area contributed by atoms with Crippen molar-refractivity contribution in [3.8, 4) is 0 Å². The molecule has 0 radical (unpaired) electrons. The highest BCUT2D eigenvalue weighted by Gasteiger charge is 2.48. The number of halogens is 4. The van der Waals surface area contributed by atoms with E-state index in [0.717, 1.165) is 6.07 Å². The molecular formula is C11H9F4NO2. The lowest BCUT2D eigenvalue weighted by Crippen LogP contribution is -2.50. The Kier molecular flexibility index (Phi) is 2.92. The van der Waals surface area contributed by atoms with Crippen molar-refractivity contribution in [1.29, 1.82) is 0 Å². The zero-order valence-electron chi connectivity index (χ0n) is 9.27. The molecule has 1 atom stereocenters. The van der Waals surface area contributed by atoms with Gasteiger partial charge in [0.2, 0.25) is 0 Å². The molecule has 0 bridgehead atoms. The number of alkyl halides is 2. The third-order valence-electron chi connectivity index (χ3n) is 2.70. The summed E-state index contributed by atoms with van der Waals surface area (Å²) >= 11 is 0. The first-order valence-electron chi connectivity index (χ1n) is 5.08. The summed E-state index contributed by atoms with van der Waals surface area (Å²) in [5, 5.41) is 1.79. The molecule has 0 aromatic heterocycles. The van der Waals surface area contributed by atoms with Gasteiger partial charge in [0.05, 0.1) is 0 Å². The Labute approximate surface area is 99.7 Å². The zero-order chi connectivity index (χ0) is 13.5. The Hall–Kier alpha value is -1.79. The van der Waals surface area contributed by atoms with E-state index in [1.54, 1.807) is 5.32 Å². The highest BCUT2D eigenvalue weighted by molar-refractivity contribution is 5.69. The lowest BCUT2D eigenvalue weighted by atomic mass is 9.98. The minimum Gasteiger partial charge on any atom is -0.443 e. The van der Waals surface area contributed by atoms with E-state index in [0.29, 0.717) is 0 Å². The molecule has 7 heteroatoms. The number of alkyl carbamates (subject to hydrolysis) is 1. The van der Waals surface area contributed by atoms with Crippen LogP contribution in [0.2, 0.25) is 0 Å². The Morgan fingerprint density at radius 2 is 2.00 bits per heavy atom. The number of carbonyl (C=O) groups is 1. The lowest BCUT2D eigenvalue weighted by molar-refractivity contribution is -0.105. The third kappa shape index (κ3) is 2.00. The van der Waals surface area contributed by atoms with E-state index in [2.05, 4.69) is 4.74 Å². The quantitative estimate of drug-likeness (QED) is 0.791. The van der Waals surface area contributed by atoms with Gasteiger partial charge in [-0.05, 0) is 12.5 Å². The van der Waals surface area contributed by atoms with Crippen LogP contribution >= 0.6 is 0 Å². The van der Waals surface area contributed by atoms with Crippen molar-refractivity contribution in [1.82, 2.24) is 5.32 Å². The number of hydrogen-bond donors (Lipinski definition) is 1. The Morgan fingerprint density at radius 3 is 2.67 bits per heavy atom. The number of hydrogen-bond acceptors (Lipinski definition) is 2. The van der Waals surface area contributed by atoms with E-state index in [1.165, 1.54) is 13.0 Å². The van der Waals surface area contributed by atoms with E-state index in [1.807, 2.05) is 0 Å². The molecule has 1 saturated heterocycles. The highest BCUT2D eigenvalue weighted by atomic mass is 19.3. The summed E-state index contributed by atoms with van der Waals surface area (Å²) < 4.78 is 58.1. The van der Waals surface area contributed by atoms with E-state index in [-0.39, 0.29) is 5.56 Å². The van der Waals surface area contributed by atoms with Gasteiger partial charge in [0.25, 0.3) is 0 Å². The van der Waals surface area contributed by atoms with Crippen molar-refractivity contribution < 1.29 is 27.1 Å². The summed E-state index contributed by atoms with van der Waals surface area (Å²) in [6.07, 6.45) is -1.09. The van der Waals surface area contributed by atoms with Crippen LogP contribution in [-0.2, 0) is 4.74 Å². The zero-order valence-corrected chi connectivity index (χ0v) is 9.27. The summed E-state index contributed by atoms with van der Waals surface area (Å²) in [6, 6.07) is 0.262. The highest BCUT2D eigenvalue weighted by Crippen LogP contribution is 2.36. The Morgan fingerprint density at radius 1 is 1.33 bits per heavy atom. The number of cyclic esters (lactones) is 1. The molecule has 1 aliphatic rings. The number of ether oxygens (including phenoxy) is 1. The second kappa shape index (κ2) is 4.15. The smallest absolute Gasteiger partial charge is 0.408 e. The maximum Gasteiger partial charge on any atom is 0.408 e. The lowest BCUT2D eigenvalue weighted by Gasteiger charge is -2.32. The summed E-state index contributed by atoms with van der Waals surface area (Å²) in [5.74, 6) is -6.10. The Balaban J connectivity index is 2.47. The van der Waals surface area contributed by atoms with Gasteiger partial charge < -0.3 is 10.1 Å². The van der Waals surface area contributed by atoms with Crippen LogP contribution in [0.1, 0.15) is 17.2 Å². The van der Waals surface area contributed by atoms with E-state index < -0.39 is 41.9 Å². The van der Waals surface area contributed by atoms with Crippen LogP contribution in [0, 0.1) is 18.6 Å². The largest absolute Gasteiger partial charge is 0.443 e. The minimum absolute atomic E-state index is 0.00190. The van der Waals surface area contributed by atoms with Gasteiger partial charge in [-0.1, -0.05) is 12.1 Å². The van der Waals surface area contributed by atoms with Crippen molar-refractivity contribution >= 4 is 6.09 Å². The standard InChI is InChI=1S/C11H9F4NO2/c1-5-2-3-6(8(13)7(5)12)9-11(14,15)4-18-10(17)16-9/h2-3,9H,4H2,1H3,(H,16,17)/t9-/m1/s1. The van der Waals surface area contributed by atoms with Crippen molar-refractivity contribution in [2.75, 3.05) is 6.61 Å². The topological polar surface area (TPSA) is 38.3 Å². The van der Waals surface area contributed by atoms with Crippen LogP contribution in [0.4, 0.5) is 22.4 Å². The fourth-order valence-electron chi connectivity index (χ4n) is 1.70. The molecule has 1 aromatic carbocycles. The number of benzene rings is 1. The van der Waals surface area contributed by atoms with E-state index in [9.17, 15) is 22.4 Å². The van der Waals surface area contributed by atoms with Crippen molar-refractivity contribution in [3.05, 3.63) is 34.9 Å². The first-order valence-corrected chi connectivity index (χ1v) is 5.08. The number of carbonyl (C=O) groups excluding carboxylic acids is 1. The summed E-state index contributed by atoms with van der Waals surface area (Å²) in [6.45, 7) is 0.140. The fraction of sp³-hybridized carbons (Fsp3) is 0.364. The van der Waals surface area contributed by atoms with Crippen LogP contribution in [0.3, 0.4) is 0 Å². The average molecular weight is 263 g/mol. The van der Waals surface area contributed by atoms with Gasteiger partial charge in [-0.15, -0.1) is 0 Å². The van der Waals surface area contributed by atoms with Crippen LogP contribution in [-0.4, -0.2) is 18.6 Å². The molecule has 18 heavy (non-hydrogen) atoms. The van der Waals surface area contributed by atoms with Crippen molar-refractivity contribution in [2.24, 2.45) is 0 Å². The fourth-order valence-corrected chi connectivity index (χ4v) is 1.70.